The van der Waals surface area contributed by atoms with Gasteiger partial charge in [-0.2, -0.15) is 0 Å². The van der Waals surface area contributed by atoms with Crippen LogP contribution in [0.1, 0.15) is 43.6 Å². The maximum Gasteiger partial charge on any atom is 0.312 e. The van der Waals surface area contributed by atoms with Crippen molar-refractivity contribution < 1.29 is 57.2 Å². The van der Waals surface area contributed by atoms with E-state index in [4.69, 9.17) is 28.4 Å². The highest BCUT2D eigenvalue weighted by atomic mass is 16.7. The fraction of sp³-hybridized carbons (Fsp3) is 0.379. The van der Waals surface area contributed by atoms with Crippen LogP contribution in [0.4, 0.5) is 0 Å². The van der Waals surface area contributed by atoms with E-state index in [2.05, 4.69) is 5.32 Å². The molecule has 1 N–H and O–H groups in total. The lowest BCUT2D eigenvalue weighted by atomic mass is 9.95. The topological polar surface area (TPSA) is 170 Å². The minimum Gasteiger partial charge on any atom is -0.463 e. The summed E-state index contributed by atoms with van der Waals surface area (Å²) in [7, 11) is 0. The average molecular weight is 586 g/mol. The lowest BCUT2D eigenvalue weighted by Gasteiger charge is -2.44. The minimum absolute atomic E-state index is 0.105. The van der Waals surface area contributed by atoms with Crippen LogP contribution in [0.15, 0.2) is 54.6 Å². The van der Waals surface area contributed by atoms with Crippen molar-refractivity contribution in [1.82, 2.24) is 5.32 Å². The molecule has 1 aliphatic rings. The highest BCUT2D eigenvalue weighted by molar-refractivity contribution is 5.94. The van der Waals surface area contributed by atoms with E-state index in [0.717, 1.165) is 20.8 Å². The fourth-order valence-corrected chi connectivity index (χ4v) is 4.17. The normalized spacial score (nSPS) is 21.3. The van der Waals surface area contributed by atoms with Gasteiger partial charge in [-0.1, -0.05) is 30.3 Å². The van der Waals surface area contributed by atoms with E-state index in [0.29, 0.717) is 5.56 Å². The number of carbonyl (C=O) groups excluding carboxylic acids is 6. The van der Waals surface area contributed by atoms with E-state index >= 15 is 0 Å². The molecule has 1 heterocycles. The number of ether oxygens (including phenoxy) is 6. The summed E-state index contributed by atoms with van der Waals surface area (Å²) < 4.78 is 32.4. The Bertz CT molecular complexity index is 1290. The lowest BCUT2D eigenvalue weighted by molar-refractivity contribution is -0.270. The first kappa shape index (κ1) is 31.7. The molecule has 0 aliphatic carbocycles. The second kappa shape index (κ2) is 14.7. The number of amides is 1. The Morgan fingerprint density at radius 2 is 1.36 bits per heavy atom. The van der Waals surface area contributed by atoms with Crippen LogP contribution in [0.2, 0.25) is 0 Å². The van der Waals surface area contributed by atoms with E-state index < -0.39 is 73.0 Å². The summed E-state index contributed by atoms with van der Waals surface area (Å²) >= 11 is 0. The largest absolute Gasteiger partial charge is 0.463 e. The highest BCUT2D eigenvalue weighted by Gasteiger charge is 2.52. The third-order valence-electron chi connectivity index (χ3n) is 5.82. The Kier molecular flexibility index (Phi) is 11.1. The smallest absolute Gasteiger partial charge is 0.312 e. The molecular formula is C29H31NO12. The Hall–Kier alpha value is -4.78. The minimum atomic E-state index is -1.57. The maximum atomic E-state index is 13.3. The van der Waals surface area contributed by atoms with E-state index in [1.54, 1.807) is 30.3 Å². The molecule has 0 radical (unpaired) electrons. The zero-order valence-electron chi connectivity index (χ0n) is 23.4. The van der Waals surface area contributed by atoms with Gasteiger partial charge in [0.15, 0.2) is 12.2 Å². The molecule has 3 rings (SSSR count). The van der Waals surface area contributed by atoms with E-state index in [1.807, 2.05) is 0 Å². The van der Waals surface area contributed by atoms with Crippen LogP contribution in [-0.2, 0) is 54.1 Å². The number of nitrogens with one attached hydrogen (secondary N) is 1. The molecule has 224 valence electrons. The van der Waals surface area contributed by atoms with Crippen molar-refractivity contribution in [2.75, 3.05) is 6.61 Å². The van der Waals surface area contributed by atoms with Gasteiger partial charge in [0.1, 0.15) is 24.5 Å². The summed E-state index contributed by atoms with van der Waals surface area (Å²) in [4.78, 5) is 73.2. The molecular weight excluding hydrogens is 554 g/mol. The van der Waals surface area contributed by atoms with Gasteiger partial charge in [0.05, 0.1) is 6.42 Å². The van der Waals surface area contributed by atoms with Gasteiger partial charge in [0.2, 0.25) is 6.29 Å². The van der Waals surface area contributed by atoms with E-state index in [9.17, 15) is 28.8 Å². The van der Waals surface area contributed by atoms with Crippen molar-refractivity contribution in [3.8, 4) is 5.75 Å². The zero-order chi connectivity index (χ0) is 30.8. The van der Waals surface area contributed by atoms with Gasteiger partial charge in [-0.25, -0.2) is 0 Å². The monoisotopic (exact) mass is 585 g/mol. The Balaban J connectivity index is 1.96. The second-order valence-electron chi connectivity index (χ2n) is 9.26. The molecule has 5 unspecified atom stereocenters. The molecule has 2 aromatic rings. The third-order valence-corrected chi connectivity index (χ3v) is 5.82. The summed E-state index contributed by atoms with van der Waals surface area (Å²) in [5.41, 5.74) is 0.741. The molecule has 5 atom stereocenters. The summed E-state index contributed by atoms with van der Waals surface area (Å²) in [6.45, 7) is 4.14. The molecule has 0 aromatic heterocycles. The number of carbonyl (C=O) groups is 6. The van der Waals surface area contributed by atoms with E-state index in [1.165, 1.54) is 31.2 Å². The summed E-state index contributed by atoms with van der Waals surface area (Å²) in [6.07, 6.45) is -5.76. The van der Waals surface area contributed by atoms with Crippen molar-refractivity contribution >= 4 is 35.8 Å². The van der Waals surface area contributed by atoms with Crippen LogP contribution < -0.4 is 10.1 Å². The first-order valence-corrected chi connectivity index (χ1v) is 12.9. The van der Waals surface area contributed by atoms with Crippen molar-refractivity contribution in [3.05, 3.63) is 65.7 Å². The van der Waals surface area contributed by atoms with Gasteiger partial charge in [0, 0.05) is 33.3 Å². The van der Waals surface area contributed by atoms with Gasteiger partial charge in [-0.3, -0.25) is 28.8 Å². The van der Waals surface area contributed by atoms with Crippen LogP contribution in [0.25, 0.3) is 0 Å². The van der Waals surface area contributed by atoms with Crippen LogP contribution >= 0.6 is 0 Å². The van der Waals surface area contributed by atoms with Crippen molar-refractivity contribution in [2.24, 2.45) is 0 Å². The van der Waals surface area contributed by atoms with Crippen molar-refractivity contribution in [1.29, 1.82) is 0 Å². The number of esters is 5. The maximum absolute atomic E-state index is 13.3. The highest BCUT2D eigenvalue weighted by Crippen LogP contribution is 2.29. The fourth-order valence-electron chi connectivity index (χ4n) is 4.17. The molecule has 1 saturated heterocycles. The van der Waals surface area contributed by atoms with Gasteiger partial charge in [0.25, 0.3) is 5.91 Å². The molecule has 1 amide bonds. The summed E-state index contributed by atoms with van der Waals surface area (Å²) in [5, 5.41) is 2.63. The number of hydrogen-bond acceptors (Lipinski definition) is 12. The van der Waals surface area contributed by atoms with Gasteiger partial charge < -0.3 is 33.7 Å². The third kappa shape index (κ3) is 9.41. The number of benzene rings is 2. The molecule has 0 bridgehead atoms. The van der Waals surface area contributed by atoms with Crippen LogP contribution in [-0.4, -0.2) is 73.0 Å². The lowest BCUT2D eigenvalue weighted by Crippen LogP contribution is -2.67. The summed E-state index contributed by atoms with van der Waals surface area (Å²) in [5.74, 6) is -4.04. The Labute approximate surface area is 241 Å². The zero-order valence-corrected chi connectivity index (χ0v) is 23.4. The molecule has 1 fully saturated rings. The van der Waals surface area contributed by atoms with Gasteiger partial charge in [-0.05, 0) is 29.8 Å². The van der Waals surface area contributed by atoms with Crippen molar-refractivity contribution in [3.63, 3.8) is 0 Å². The van der Waals surface area contributed by atoms with Gasteiger partial charge in [-0.15, -0.1) is 0 Å². The van der Waals surface area contributed by atoms with Crippen molar-refractivity contribution in [2.45, 2.75) is 64.8 Å². The first-order chi connectivity index (χ1) is 19.9. The second-order valence-corrected chi connectivity index (χ2v) is 9.26. The van der Waals surface area contributed by atoms with Crippen LogP contribution in [0.3, 0.4) is 0 Å². The number of rotatable bonds is 10. The molecule has 13 heteroatoms. The van der Waals surface area contributed by atoms with Crippen LogP contribution in [0, 0.1) is 0 Å². The van der Waals surface area contributed by atoms with Crippen LogP contribution in [0.5, 0.6) is 5.75 Å². The molecule has 0 spiro atoms. The number of hydrogen-bond donors (Lipinski definition) is 1. The predicted octanol–water partition coefficient (Wildman–Crippen LogP) is 1.65. The quantitative estimate of drug-likeness (QED) is 0.243. The predicted molar refractivity (Wildman–Crippen MR) is 142 cm³/mol. The molecule has 1 aliphatic heterocycles. The Morgan fingerprint density at radius 1 is 0.738 bits per heavy atom. The molecule has 0 saturated carbocycles. The van der Waals surface area contributed by atoms with Gasteiger partial charge >= 0.3 is 29.8 Å². The Morgan fingerprint density at radius 3 is 1.93 bits per heavy atom. The molecule has 42 heavy (non-hydrogen) atoms. The molecule has 2 aromatic carbocycles. The van der Waals surface area contributed by atoms with E-state index in [-0.39, 0.29) is 17.7 Å². The first-order valence-electron chi connectivity index (χ1n) is 12.9. The average Bonchev–Trinajstić information content (AvgIpc) is 2.91. The SMILES string of the molecule is CC(=O)OCC1OC(OC(=O)Cc2ccccc2)C(NC(=O)c2ccc(OC(C)=O)cc2)C(OC(C)=O)C1OC(C)=O. The standard InChI is InChI=1S/C29H31NO12/c1-16(31)37-15-23-26(39-18(3)33)27(40-19(4)34)25(29(41-23)42-24(35)14-20-8-6-5-7-9-20)30-28(36)21-10-12-22(13-11-21)38-17(2)32/h5-13,23,25-27,29H,14-15H2,1-4H3,(H,30,36). The summed E-state index contributed by atoms with van der Waals surface area (Å²) in [6, 6.07) is 12.8. The molecule has 13 nitrogen and oxygen atoms in total.